The van der Waals surface area contributed by atoms with Crippen LogP contribution in [0.1, 0.15) is 6.92 Å². The van der Waals surface area contributed by atoms with Crippen LogP contribution in [-0.2, 0) is 0 Å². The van der Waals surface area contributed by atoms with E-state index in [1.165, 1.54) is 4.55 Å². The van der Waals surface area contributed by atoms with E-state index in [1.54, 1.807) is 4.17 Å². The molecule has 0 heterocycles. The van der Waals surface area contributed by atoms with Gasteiger partial charge >= 0.3 is 20.4 Å². The highest BCUT2D eigenvalue weighted by molar-refractivity contribution is 6.83. The molecule has 0 aromatic rings. The molecule has 46 valence electrons. The summed E-state index contributed by atoms with van der Waals surface area (Å²) >= 11 is 0.379. The molecule has 0 rings (SSSR count). The lowest BCUT2D eigenvalue weighted by Gasteiger charge is -2.13. The molecule has 8 heavy (non-hydrogen) atoms. The summed E-state index contributed by atoms with van der Waals surface area (Å²) in [4.78, 5) is 0. The van der Waals surface area contributed by atoms with E-state index in [0.717, 1.165) is 0 Å². The zero-order chi connectivity index (χ0) is 6.62. The van der Waals surface area contributed by atoms with Crippen molar-refractivity contribution in [1.82, 2.24) is 0 Å². The van der Waals surface area contributed by atoms with Crippen LogP contribution in [0.25, 0.3) is 0 Å². The van der Waals surface area contributed by atoms with Gasteiger partial charge in [0, 0.05) is 8.07 Å². The van der Waals surface area contributed by atoms with Crippen molar-refractivity contribution in [2.45, 2.75) is 35.3 Å². The number of hydrogen-bond donors (Lipinski definition) is 0. The first-order valence-electron chi connectivity index (χ1n) is 3.56. The smallest absolute Gasteiger partial charge is 0.150 e. The molecule has 0 aromatic heterocycles. The van der Waals surface area contributed by atoms with Gasteiger partial charge in [-0.15, -0.1) is 8.72 Å². The fraction of sp³-hybridized carbons (Fsp3) is 1.00. The minimum Gasteiger partial charge on any atom is -0.150 e. The van der Waals surface area contributed by atoms with Gasteiger partial charge in [-0.2, -0.15) is 0 Å². The van der Waals surface area contributed by atoms with Crippen molar-refractivity contribution in [2.75, 3.05) is 0 Å². The van der Waals surface area contributed by atoms with Crippen molar-refractivity contribution in [2.24, 2.45) is 0 Å². The Morgan fingerprint density at radius 1 is 1.25 bits per heavy atom. The molecule has 0 bridgehead atoms. The Balaban J connectivity index is 3.11. The summed E-state index contributed by atoms with van der Waals surface area (Å²) in [6.45, 7) is 9.73. The van der Waals surface area contributed by atoms with Crippen LogP contribution in [0.4, 0.5) is 0 Å². The summed E-state index contributed by atoms with van der Waals surface area (Å²) < 4.78 is 3.15. The van der Waals surface area contributed by atoms with Crippen LogP contribution < -0.4 is 0 Å². The highest BCUT2D eigenvalue weighted by Gasteiger charge is 2.11. The Morgan fingerprint density at radius 2 is 1.75 bits per heavy atom. The Morgan fingerprint density at radius 3 is 1.88 bits per heavy atom. The van der Waals surface area contributed by atoms with Gasteiger partial charge in [-0.3, -0.25) is 0 Å². The third-order valence-electron chi connectivity index (χ3n) is 1.28. The molecule has 0 amide bonds. The van der Waals surface area contributed by atoms with Crippen molar-refractivity contribution in [3.63, 3.8) is 0 Å². The van der Waals surface area contributed by atoms with Gasteiger partial charge in [-0.1, -0.05) is 26.6 Å². The van der Waals surface area contributed by atoms with Gasteiger partial charge in [0.05, 0.1) is 0 Å². The predicted molar refractivity (Wildman–Crippen MR) is 44.4 cm³/mol. The first-order chi connectivity index (χ1) is 3.56. The van der Waals surface area contributed by atoms with Gasteiger partial charge in [0.1, 0.15) is 0 Å². The van der Waals surface area contributed by atoms with E-state index in [1.807, 2.05) is 0 Å². The van der Waals surface area contributed by atoms with Crippen LogP contribution in [0, 0.1) is 0 Å². The van der Waals surface area contributed by atoms with E-state index < -0.39 is 8.07 Å². The van der Waals surface area contributed by atoms with Gasteiger partial charge < -0.3 is 0 Å². The lowest BCUT2D eigenvalue weighted by molar-refractivity contribution is 1.43. The molecule has 0 unspecified atom stereocenters. The maximum Gasteiger partial charge on any atom is 0.360 e. The maximum atomic E-state index is 2.47. The molecular formula is C6H16MgSi. The summed E-state index contributed by atoms with van der Waals surface area (Å²) in [5.41, 5.74) is 0. The Kier molecular flexibility index (Phi) is 4.39. The Hall–Kier alpha value is 0.983. The predicted octanol–water partition coefficient (Wildman–Crippen LogP) is 2.42. The number of rotatable bonds is 3. The minimum atomic E-state index is -0.616. The molecule has 0 aliphatic carbocycles. The van der Waals surface area contributed by atoms with Gasteiger partial charge in [0.25, 0.3) is 0 Å². The van der Waals surface area contributed by atoms with Crippen LogP contribution in [0.15, 0.2) is 0 Å². The van der Waals surface area contributed by atoms with Crippen molar-refractivity contribution in [3.8, 4) is 0 Å². The molecular weight excluding hydrogens is 124 g/mol. The van der Waals surface area contributed by atoms with Gasteiger partial charge in [-0.25, -0.2) is 0 Å². The van der Waals surface area contributed by atoms with Gasteiger partial charge in [0.2, 0.25) is 0 Å². The summed E-state index contributed by atoms with van der Waals surface area (Å²) in [6.07, 6.45) is 0. The Bertz CT molecular complexity index is 56.0. The quantitative estimate of drug-likeness (QED) is 0.529. The van der Waals surface area contributed by atoms with Gasteiger partial charge in [-0.05, 0) is 0 Å². The molecule has 0 atom stereocenters. The van der Waals surface area contributed by atoms with Crippen LogP contribution in [0.5, 0.6) is 0 Å². The van der Waals surface area contributed by atoms with E-state index in [-0.39, 0.29) is 0 Å². The highest BCUT2D eigenvalue weighted by Crippen LogP contribution is 2.06. The second kappa shape index (κ2) is 3.91. The van der Waals surface area contributed by atoms with E-state index in [4.69, 9.17) is 0 Å². The topological polar surface area (TPSA) is 0 Å². The fourth-order valence-corrected chi connectivity index (χ4v) is 6.36. The third-order valence-corrected chi connectivity index (χ3v) is 9.40. The molecule has 2 heteroatoms. The highest BCUT2D eigenvalue weighted by atomic mass is 28.3. The minimum absolute atomic E-state index is 0.379. The summed E-state index contributed by atoms with van der Waals surface area (Å²) in [7, 11) is -0.616. The Labute approximate surface area is 63.8 Å². The molecule has 0 saturated carbocycles. The van der Waals surface area contributed by atoms with Crippen molar-refractivity contribution in [3.05, 3.63) is 0 Å². The lowest BCUT2D eigenvalue weighted by Crippen LogP contribution is -2.21. The number of hydrogen-bond acceptors (Lipinski definition) is 0. The molecule has 0 aliphatic heterocycles. The first-order valence-corrected chi connectivity index (χ1v) is 9.27. The fourth-order valence-electron chi connectivity index (χ4n) is 0.707. The average Bonchev–Trinajstić information content (AvgIpc) is 1.59. The van der Waals surface area contributed by atoms with Crippen LogP contribution in [-0.4, -0.2) is 28.4 Å². The molecule has 0 aromatic carbocycles. The van der Waals surface area contributed by atoms with Gasteiger partial charge in [0.15, 0.2) is 0 Å². The zero-order valence-electron chi connectivity index (χ0n) is 6.62. The monoisotopic (exact) mass is 140 g/mol. The van der Waals surface area contributed by atoms with E-state index in [2.05, 4.69) is 26.6 Å². The second-order valence-corrected chi connectivity index (χ2v) is 12.5. The molecule has 0 aliphatic rings. The van der Waals surface area contributed by atoms with E-state index >= 15 is 0 Å². The van der Waals surface area contributed by atoms with Crippen molar-refractivity contribution < 1.29 is 0 Å². The van der Waals surface area contributed by atoms with E-state index in [0.29, 0.717) is 20.4 Å². The molecule has 0 spiro atoms. The first kappa shape index (κ1) is 8.98. The zero-order valence-corrected chi connectivity index (χ0v) is 9.04. The molecule has 0 nitrogen and oxygen atoms in total. The summed E-state index contributed by atoms with van der Waals surface area (Å²) in [6, 6.07) is 0. The normalized spacial score (nSPS) is 11.0. The van der Waals surface area contributed by atoms with Crippen LogP contribution >= 0.6 is 0 Å². The largest absolute Gasteiger partial charge is 0.360 e. The average molecular weight is 141 g/mol. The van der Waals surface area contributed by atoms with Crippen molar-refractivity contribution >= 4 is 28.4 Å². The SMILES string of the molecule is C[CH2][Mg][CH2][Si](C)(C)C. The summed E-state index contributed by atoms with van der Waals surface area (Å²) in [5.74, 6) is 0. The van der Waals surface area contributed by atoms with Crippen LogP contribution in [0.2, 0.25) is 28.4 Å². The maximum absolute atomic E-state index is 2.47. The van der Waals surface area contributed by atoms with Crippen LogP contribution in [0.3, 0.4) is 0 Å². The third kappa shape index (κ3) is 6.98. The second-order valence-electron chi connectivity index (χ2n) is 3.66. The lowest BCUT2D eigenvalue weighted by atomic mass is 11.0. The van der Waals surface area contributed by atoms with Crippen molar-refractivity contribution in [1.29, 1.82) is 0 Å². The summed E-state index contributed by atoms with van der Waals surface area (Å²) in [5, 5.41) is 0. The van der Waals surface area contributed by atoms with E-state index in [9.17, 15) is 0 Å². The molecule has 0 radical (unpaired) electrons. The molecule has 0 fully saturated rings. The standard InChI is InChI=1S/C4H11Si.C2H5.Mg/c1-5(2,3)4;1-2;/h1H2,2-4H3;1H2,2H3;. The molecule has 0 N–H and O–H groups in total. The molecule has 0 saturated heterocycles.